The van der Waals surface area contributed by atoms with Crippen LogP contribution in [0.4, 0.5) is 8.78 Å². The van der Waals surface area contributed by atoms with Crippen LogP contribution in [0.1, 0.15) is 10.4 Å². The van der Waals surface area contributed by atoms with Crippen molar-refractivity contribution in [2.45, 2.75) is 10.7 Å². The van der Waals surface area contributed by atoms with Crippen molar-refractivity contribution in [2.24, 2.45) is 5.92 Å². The summed E-state index contributed by atoms with van der Waals surface area (Å²) in [5, 5.41) is 8.77. The SMILES string of the molecule is C=C([NH3+])[C@@H](C#N)C(=O)COC(=O)c1ccc(S(=O)(=O)C(F)F)cc1. The number of hydrogen-bond acceptors (Lipinski definition) is 6. The van der Waals surface area contributed by atoms with E-state index >= 15 is 0 Å². The lowest BCUT2D eigenvalue weighted by Gasteiger charge is -2.07. The van der Waals surface area contributed by atoms with E-state index in [0.29, 0.717) is 0 Å². The molecule has 0 unspecified atom stereocenters. The smallest absolute Gasteiger partial charge is 0.341 e. The van der Waals surface area contributed by atoms with E-state index in [2.05, 4.69) is 17.0 Å². The highest BCUT2D eigenvalue weighted by Gasteiger charge is 2.27. The zero-order valence-corrected chi connectivity index (χ0v) is 13.1. The third-order valence-corrected chi connectivity index (χ3v) is 4.26. The Hall–Kier alpha value is -2.64. The molecule has 0 amide bonds. The van der Waals surface area contributed by atoms with E-state index < -0.39 is 44.8 Å². The van der Waals surface area contributed by atoms with Gasteiger partial charge in [0, 0.05) is 0 Å². The quantitative estimate of drug-likeness (QED) is 0.697. The molecule has 0 saturated heterocycles. The molecule has 0 saturated carbocycles. The Kier molecular flexibility index (Phi) is 6.27. The summed E-state index contributed by atoms with van der Waals surface area (Å²) in [7, 11) is -4.76. The first-order chi connectivity index (χ1) is 11.1. The standard InChI is InChI=1S/C14H12F2N2O5S/c1-8(18)11(6-17)12(19)7-23-13(20)9-2-4-10(5-3-9)24(21,22)14(15)16/h2-5,11,14H,1,7,18H2/p+1/t11-/m1/s1. The van der Waals surface area contributed by atoms with Crippen LogP contribution in [0.25, 0.3) is 0 Å². The first-order valence-electron chi connectivity index (χ1n) is 6.33. The van der Waals surface area contributed by atoms with Crippen LogP contribution < -0.4 is 5.73 Å². The Bertz CT molecular complexity index is 797. The summed E-state index contributed by atoms with van der Waals surface area (Å²) in [6.45, 7) is 2.66. The second-order valence-corrected chi connectivity index (χ2v) is 6.51. The molecule has 0 radical (unpaired) electrons. The summed E-state index contributed by atoms with van der Waals surface area (Å²) in [4.78, 5) is 22.7. The summed E-state index contributed by atoms with van der Waals surface area (Å²) < 4.78 is 52.0. The van der Waals surface area contributed by atoms with Gasteiger partial charge in [0.15, 0.2) is 18.3 Å². The van der Waals surface area contributed by atoms with Gasteiger partial charge in [0.2, 0.25) is 9.84 Å². The van der Waals surface area contributed by atoms with Crippen molar-refractivity contribution >= 4 is 21.6 Å². The molecule has 24 heavy (non-hydrogen) atoms. The number of esters is 1. The highest BCUT2D eigenvalue weighted by Crippen LogP contribution is 2.19. The average molecular weight is 359 g/mol. The largest absolute Gasteiger partial charge is 0.454 e. The number of carbonyl (C=O) groups is 2. The fourth-order valence-electron chi connectivity index (χ4n) is 1.58. The highest BCUT2D eigenvalue weighted by atomic mass is 32.2. The van der Waals surface area contributed by atoms with Gasteiger partial charge in [0.1, 0.15) is 5.70 Å². The molecule has 3 N–H and O–H groups in total. The van der Waals surface area contributed by atoms with Gasteiger partial charge in [-0.1, -0.05) is 0 Å². The molecular formula is C14H13F2N2O5S+. The van der Waals surface area contributed by atoms with Crippen LogP contribution in [-0.2, 0) is 19.4 Å². The minimum atomic E-state index is -4.76. The number of nitrogens with zero attached hydrogens (tertiary/aromatic N) is 1. The Morgan fingerprint density at radius 2 is 1.83 bits per heavy atom. The van der Waals surface area contributed by atoms with Crippen LogP contribution >= 0.6 is 0 Å². The van der Waals surface area contributed by atoms with Crippen molar-refractivity contribution in [1.82, 2.24) is 0 Å². The predicted molar refractivity (Wildman–Crippen MR) is 76.1 cm³/mol. The Morgan fingerprint density at radius 1 is 1.29 bits per heavy atom. The van der Waals surface area contributed by atoms with Gasteiger partial charge in [0.05, 0.1) is 16.5 Å². The van der Waals surface area contributed by atoms with Crippen molar-refractivity contribution in [3.05, 3.63) is 42.1 Å². The molecule has 0 aliphatic rings. The Labute approximate surface area is 136 Å². The molecule has 7 nitrogen and oxygen atoms in total. The van der Waals surface area contributed by atoms with Crippen LogP contribution in [0.15, 0.2) is 41.4 Å². The van der Waals surface area contributed by atoms with E-state index in [1.54, 1.807) is 6.07 Å². The summed E-state index contributed by atoms with van der Waals surface area (Å²) in [5.41, 5.74) is 3.28. The molecule has 1 aromatic carbocycles. The number of hydrogen-bond donors (Lipinski definition) is 1. The summed E-state index contributed by atoms with van der Waals surface area (Å²) >= 11 is 0. The second kappa shape index (κ2) is 7.76. The predicted octanol–water partition coefficient (Wildman–Crippen LogP) is 0.304. The minimum absolute atomic E-state index is 0.0557. The maximum atomic E-state index is 12.4. The fourth-order valence-corrected chi connectivity index (χ4v) is 2.30. The van der Waals surface area contributed by atoms with Gasteiger partial charge in [-0.2, -0.15) is 14.0 Å². The number of ketones is 1. The number of benzene rings is 1. The molecule has 0 spiro atoms. The lowest BCUT2D eigenvalue weighted by molar-refractivity contribution is -0.309. The average Bonchev–Trinajstić information content (AvgIpc) is 2.52. The van der Waals surface area contributed by atoms with Gasteiger partial charge < -0.3 is 10.5 Å². The van der Waals surface area contributed by atoms with E-state index in [9.17, 15) is 26.8 Å². The minimum Gasteiger partial charge on any atom is -0.454 e. The fraction of sp³-hybridized carbons (Fsp3) is 0.214. The van der Waals surface area contributed by atoms with Gasteiger partial charge in [-0.3, -0.25) is 4.79 Å². The topological polar surface area (TPSA) is 129 Å². The number of alkyl halides is 2. The van der Waals surface area contributed by atoms with Crippen molar-refractivity contribution in [2.75, 3.05) is 6.61 Å². The lowest BCUT2D eigenvalue weighted by Crippen LogP contribution is -2.51. The molecule has 10 heteroatoms. The molecule has 0 aliphatic carbocycles. The van der Waals surface area contributed by atoms with Gasteiger partial charge in [-0.15, -0.1) is 0 Å². The maximum absolute atomic E-state index is 12.4. The van der Waals surface area contributed by atoms with Crippen molar-refractivity contribution in [3.63, 3.8) is 0 Å². The van der Waals surface area contributed by atoms with Gasteiger partial charge in [-0.25, -0.2) is 13.2 Å². The second-order valence-electron chi connectivity index (χ2n) is 4.59. The van der Waals surface area contributed by atoms with Gasteiger partial charge in [-0.05, 0) is 30.8 Å². The van der Waals surface area contributed by atoms with Crippen LogP contribution in [0.2, 0.25) is 0 Å². The molecule has 0 aliphatic heterocycles. The monoisotopic (exact) mass is 359 g/mol. The number of Topliss-reactive ketones (excluding diaryl/α,β-unsaturated/α-hetero) is 1. The molecule has 1 aromatic rings. The maximum Gasteiger partial charge on any atom is 0.341 e. The number of rotatable bonds is 7. The molecular weight excluding hydrogens is 346 g/mol. The number of nitriles is 1. The normalized spacial score (nSPS) is 12.3. The Morgan fingerprint density at radius 3 is 2.25 bits per heavy atom. The number of halogens is 2. The van der Waals surface area contributed by atoms with Crippen LogP contribution in [-0.4, -0.2) is 32.5 Å². The van der Waals surface area contributed by atoms with Crippen LogP contribution in [0, 0.1) is 17.2 Å². The number of carbonyl (C=O) groups excluding carboxylic acids is 2. The molecule has 0 fully saturated rings. The van der Waals surface area contributed by atoms with Gasteiger partial charge in [0.25, 0.3) is 0 Å². The number of quaternary nitrogens is 1. The third kappa shape index (κ3) is 4.43. The van der Waals surface area contributed by atoms with Crippen molar-refractivity contribution < 1.29 is 37.3 Å². The van der Waals surface area contributed by atoms with E-state index in [0.717, 1.165) is 24.3 Å². The van der Waals surface area contributed by atoms with E-state index in [-0.39, 0.29) is 11.3 Å². The van der Waals surface area contributed by atoms with E-state index in [1.807, 2.05) is 0 Å². The number of allylic oxidation sites excluding steroid dienone is 1. The number of sulfone groups is 1. The van der Waals surface area contributed by atoms with E-state index in [1.165, 1.54) is 0 Å². The number of ether oxygens (including phenoxy) is 1. The highest BCUT2D eigenvalue weighted by molar-refractivity contribution is 7.91. The lowest BCUT2D eigenvalue weighted by atomic mass is 10.0. The first-order valence-corrected chi connectivity index (χ1v) is 7.88. The first kappa shape index (κ1) is 19.4. The molecule has 0 aromatic heterocycles. The van der Waals surface area contributed by atoms with Crippen molar-refractivity contribution in [1.29, 1.82) is 5.26 Å². The zero-order valence-electron chi connectivity index (χ0n) is 12.2. The molecule has 1 rings (SSSR count). The zero-order chi connectivity index (χ0) is 18.5. The molecule has 0 bridgehead atoms. The van der Waals surface area contributed by atoms with E-state index in [4.69, 9.17) is 5.26 Å². The van der Waals surface area contributed by atoms with Gasteiger partial charge >= 0.3 is 11.7 Å². The summed E-state index contributed by atoms with van der Waals surface area (Å²) in [6.07, 6.45) is 0. The molecule has 0 heterocycles. The van der Waals surface area contributed by atoms with Crippen LogP contribution in [0.3, 0.4) is 0 Å². The molecule has 1 atom stereocenters. The van der Waals surface area contributed by atoms with Crippen molar-refractivity contribution in [3.8, 4) is 6.07 Å². The Balaban J connectivity index is 2.79. The van der Waals surface area contributed by atoms with Crippen LogP contribution in [0.5, 0.6) is 0 Å². The molecule has 128 valence electrons. The third-order valence-electron chi connectivity index (χ3n) is 2.86. The summed E-state index contributed by atoms with van der Waals surface area (Å²) in [6, 6.07) is 5.27. The summed E-state index contributed by atoms with van der Waals surface area (Å²) in [5.74, 6) is -6.48.